The van der Waals surface area contributed by atoms with Crippen LogP contribution in [-0.4, -0.2) is 31.7 Å². The summed E-state index contributed by atoms with van der Waals surface area (Å²) >= 11 is 2.05. The van der Waals surface area contributed by atoms with Crippen LogP contribution in [0.2, 0.25) is 0 Å². The molecule has 2 rings (SSSR count). The molecule has 8 heteroatoms. The van der Waals surface area contributed by atoms with Gasteiger partial charge in [-0.1, -0.05) is 26.0 Å². The van der Waals surface area contributed by atoms with Crippen LogP contribution in [0.15, 0.2) is 47.4 Å². The maximum atomic E-state index is 14.1. The van der Waals surface area contributed by atoms with E-state index in [9.17, 15) is 17.6 Å². The first-order valence-electron chi connectivity index (χ1n) is 7.66. The first-order chi connectivity index (χ1) is 11.8. The topological polar surface area (TPSA) is 66.5 Å². The highest BCUT2D eigenvalue weighted by Crippen LogP contribution is 2.22. The molecule has 0 aliphatic carbocycles. The molecular formula is C17H18FIN2O3S. The average Bonchev–Trinajstić information content (AvgIpc) is 2.58. The van der Waals surface area contributed by atoms with Crippen LogP contribution in [0.4, 0.5) is 10.1 Å². The normalized spacial score (nSPS) is 11.6. The van der Waals surface area contributed by atoms with Crippen molar-refractivity contribution in [3.8, 4) is 0 Å². The molecule has 5 nitrogen and oxygen atoms in total. The zero-order chi connectivity index (χ0) is 18.6. The molecule has 0 unspecified atom stereocenters. The summed E-state index contributed by atoms with van der Waals surface area (Å²) < 4.78 is 41.3. The summed E-state index contributed by atoms with van der Waals surface area (Å²) in [6, 6.07) is 10.3. The van der Waals surface area contributed by atoms with E-state index in [1.165, 1.54) is 10.4 Å². The van der Waals surface area contributed by atoms with Gasteiger partial charge in [0.15, 0.2) is 0 Å². The van der Waals surface area contributed by atoms with Gasteiger partial charge in [-0.3, -0.25) is 4.79 Å². The largest absolute Gasteiger partial charge is 0.321 e. The lowest BCUT2D eigenvalue weighted by Crippen LogP contribution is -2.31. The van der Waals surface area contributed by atoms with E-state index in [1.54, 1.807) is 32.0 Å². The fourth-order valence-electron chi connectivity index (χ4n) is 2.30. The lowest BCUT2D eigenvalue weighted by molar-refractivity contribution is 0.102. The van der Waals surface area contributed by atoms with Crippen molar-refractivity contribution < 1.29 is 17.6 Å². The highest BCUT2D eigenvalue weighted by atomic mass is 127. The molecule has 0 heterocycles. The highest BCUT2D eigenvalue weighted by Gasteiger charge is 2.24. The van der Waals surface area contributed by atoms with E-state index in [2.05, 4.69) is 5.32 Å². The van der Waals surface area contributed by atoms with Gasteiger partial charge in [-0.25, -0.2) is 12.8 Å². The molecule has 0 spiro atoms. The van der Waals surface area contributed by atoms with E-state index in [4.69, 9.17) is 0 Å². The number of para-hydroxylation sites is 1. The monoisotopic (exact) mass is 476 g/mol. The van der Waals surface area contributed by atoms with Gasteiger partial charge in [0.05, 0.1) is 16.1 Å². The average molecular weight is 476 g/mol. The SMILES string of the molecule is CCN(CC)S(=O)(=O)c1ccc(F)c(C(=O)Nc2ccccc2I)c1. The molecule has 0 atom stereocenters. The molecular weight excluding hydrogens is 458 g/mol. The Balaban J connectivity index is 2.39. The Bertz CT molecular complexity index is 883. The summed E-state index contributed by atoms with van der Waals surface area (Å²) in [6.45, 7) is 4.02. The van der Waals surface area contributed by atoms with Crippen LogP contribution in [0.25, 0.3) is 0 Å². The number of nitrogens with one attached hydrogen (secondary N) is 1. The molecule has 1 amide bonds. The number of sulfonamides is 1. The smallest absolute Gasteiger partial charge is 0.258 e. The molecule has 0 saturated heterocycles. The standard InChI is InChI=1S/C17H18FIN2O3S/c1-3-21(4-2)25(23,24)12-9-10-14(18)13(11-12)17(22)20-16-8-6-5-7-15(16)19/h5-11H,3-4H2,1-2H3,(H,20,22). The van der Waals surface area contributed by atoms with Crippen molar-refractivity contribution in [1.82, 2.24) is 4.31 Å². The Labute approximate surface area is 160 Å². The maximum Gasteiger partial charge on any atom is 0.258 e. The number of carbonyl (C=O) groups is 1. The third-order valence-corrected chi connectivity index (χ3v) is 6.63. The lowest BCUT2D eigenvalue weighted by Gasteiger charge is -2.19. The molecule has 134 valence electrons. The summed E-state index contributed by atoms with van der Waals surface area (Å²) in [5.41, 5.74) is 0.220. The van der Waals surface area contributed by atoms with E-state index in [0.717, 1.165) is 15.7 Å². The third-order valence-electron chi connectivity index (χ3n) is 3.65. The quantitative estimate of drug-likeness (QED) is 0.647. The fourth-order valence-corrected chi connectivity index (χ4v) is 4.31. The van der Waals surface area contributed by atoms with Gasteiger partial charge in [0.25, 0.3) is 5.91 Å². The van der Waals surface area contributed by atoms with Crippen LogP contribution in [0.5, 0.6) is 0 Å². The molecule has 0 aliphatic rings. The number of hydrogen-bond donors (Lipinski definition) is 1. The van der Waals surface area contributed by atoms with E-state index in [1.807, 2.05) is 28.7 Å². The minimum absolute atomic E-state index is 0.106. The molecule has 25 heavy (non-hydrogen) atoms. The molecule has 0 bridgehead atoms. The Morgan fingerprint density at radius 3 is 2.40 bits per heavy atom. The van der Waals surface area contributed by atoms with Crippen molar-refractivity contribution in [3.05, 3.63) is 57.4 Å². The van der Waals surface area contributed by atoms with Crippen molar-refractivity contribution >= 4 is 44.2 Å². The number of amides is 1. The molecule has 2 aromatic carbocycles. The summed E-state index contributed by atoms with van der Waals surface area (Å²) in [6.07, 6.45) is 0. The number of rotatable bonds is 6. The Kier molecular flexibility index (Phi) is 6.53. The van der Waals surface area contributed by atoms with Crippen LogP contribution >= 0.6 is 22.6 Å². The number of carbonyl (C=O) groups excluding carboxylic acids is 1. The third kappa shape index (κ3) is 4.36. The summed E-state index contributed by atoms with van der Waals surface area (Å²) in [7, 11) is -3.77. The molecule has 1 N–H and O–H groups in total. The van der Waals surface area contributed by atoms with E-state index in [-0.39, 0.29) is 10.5 Å². The van der Waals surface area contributed by atoms with Crippen molar-refractivity contribution in [2.75, 3.05) is 18.4 Å². The molecule has 0 aliphatic heterocycles. The van der Waals surface area contributed by atoms with Crippen LogP contribution in [0.3, 0.4) is 0 Å². The van der Waals surface area contributed by atoms with Crippen molar-refractivity contribution in [3.63, 3.8) is 0 Å². The van der Waals surface area contributed by atoms with Crippen LogP contribution in [0, 0.1) is 9.39 Å². The second-order valence-electron chi connectivity index (χ2n) is 5.16. The van der Waals surface area contributed by atoms with Gasteiger partial charge in [0.2, 0.25) is 10.0 Å². The molecule has 2 aromatic rings. The van der Waals surface area contributed by atoms with Crippen molar-refractivity contribution in [2.24, 2.45) is 0 Å². The van der Waals surface area contributed by atoms with Gasteiger partial charge in [-0.15, -0.1) is 0 Å². The zero-order valence-electron chi connectivity index (χ0n) is 13.8. The maximum absolute atomic E-state index is 14.1. The number of anilines is 1. The first-order valence-corrected chi connectivity index (χ1v) is 10.2. The predicted molar refractivity (Wildman–Crippen MR) is 104 cm³/mol. The van der Waals surface area contributed by atoms with Crippen molar-refractivity contribution in [1.29, 1.82) is 0 Å². The van der Waals surface area contributed by atoms with Crippen molar-refractivity contribution in [2.45, 2.75) is 18.7 Å². The number of benzene rings is 2. The lowest BCUT2D eigenvalue weighted by atomic mass is 10.2. The molecule has 0 saturated carbocycles. The Hall–Kier alpha value is -1.52. The van der Waals surface area contributed by atoms with Gasteiger partial charge in [-0.05, 0) is 52.9 Å². The van der Waals surface area contributed by atoms with E-state index >= 15 is 0 Å². The van der Waals surface area contributed by atoms with Gasteiger partial charge >= 0.3 is 0 Å². The summed E-state index contributed by atoms with van der Waals surface area (Å²) in [4.78, 5) is 12.3. The predicted octanol–water partition coefficient (Wildman–Crippen LogP) is 3.71. The Morgan fingerprint density at radius 1 is 1.16 bits per heavy atom. The number of halogens is 2. The van der Waals surface area contributed by atoms with Gasteiger partial charge in [0, 0.05) is 16.7 Å². The minimum Gasteiger partial charge on any atom is -0.321 e. The van der Waals surface area contributed by atoms with E-state index < -0.39 is 21.7 Å². The molecule has 0 fully saturated rings. The van der Waals surface area contributed by atoms with Gasteiger partial charge in [0.1, 0.15) is 5.82 Å². The minimum atomic E-state index is -3.77. The Morgan fingerprint density at radius 2 is 1.80 bits per heavy atom. The number of hydrogen-bond acceptors (Lipinski definition) is 3. The fraction of sp³-hybridized carbons (Fsp3) is 0.235. The zero-order valence-corrected chi connectivity index (χ0v) is 16.8. The highest BCUT2D eigenvalue weighted by molar-refractivity contribution is 14.1. The first kappa shape index (κ1) is 19.8. The second-order valence-corrected chi connectivity index (χ2v) is 8.27. The molecule has 0 radical (unpaired) electrons. The van der Waals surface area contributed by atoms with Gasteiger partial charge < -0.3 is 5.32 Å². The van der Waals surface area contributed by atoms with Crippen LogP contribution in [-0.2, 0) is 10.0 Å². The van der Waals surface area contributed by atoms with Crippen LogP contribution in [0.1, 0.15) is 24.2 Å². The number of nitrogens with zero attached hydrogens (tertiary/aromatic N) is 1. The molecule has 0 aromatic heterocycles. The summed E-state index contributed by atoms with van der Waals surface area (Å²) in [5, 5.41) is 2.61. The van der Waals surface area contributed by atoms with Gasteiger partial charge in [-0.2, -0.15) is 4.31 Å². The van der Waals surface area contributed by atoms with Crippen LogP contribution < -0.4 is 5.32 Å². The summed E-state index contributed by atoms with van der Waals surface area (Å²) in [5.74, 6) is -1.47. The second kappa shape index (κ2) is 8.24. The van der Waals surface area contributed by atoms with E-state index in [0.29, 0.717) is 18.8 Å².